The van der Waals surface area contributed by atoms with Gasteiger partial charge in [-0.15, -0.1) is 0 Å². The summed E-state index contributed by atoms with van der Waals surface area (Å²) in [6.07, 6.45) is -5.15. The van der Waals surface area contributed by atoms with Crippen LogP contribution in [-0.2, 0) is 7.05 Å². The summed E-state index contributed by atoms with van der Waals surface area (Å²) in [5, 5.41) is 0. The van der Waals surface area contributed by atoms with Gasteiger partial charge in [0.25, 0.3) is 18.4 Å². The number of hydrogen-bond donors (Lipinski definition) is 0. The molecule has 1 aromatic heterocycles. The van der Waals surface area contributed by atoms with E-state index in [0.717, 1.165) is 4.57 Å². The van der Waals surface area contributed by atoms with E-state index in [0.29, 0.717) is 12.1 Å². The molecule has 0 aliphatic heterocycles. The van der Waals surface area contributed by atoms with E-state index < -0.39 is 46.9 Å². The highest BCUT2D eigenvalue weighted by atomic mass is 79.9. The number of rotatable bonds is 4. The van der Waals surface area contributed by atoms with Crippen LogP contribution in [0.2, 0.25) is 0 Å². The van der Waals surface area contributed by atoms with Gasteiger partial charge in [0.2, 0.25) is 5.75 Å². The summed E-state index contributed by atoms with van der Waals surface area (Å²) in [5.41, 5.74) is -2.85. The quantitative estimate of drug-likeness (QED) is 0.683. The molecule has 0 radical (unpaired) electrons. The second kappa shape index (κ2) is 6.69. The Morgan fingerprint density at radius 1 is 1.09 bits per heavy atom. The number of aromatic nitrogens is 1. The first-order valence-corrected chi connectivity index (χ1v) is 6.94. The third-order valence-corrected chi connectivity index (χ3v) is 3.59. The molecular formula is C14H9BrF5NO2. The number of ether oxygens (including phenoxy) is 1. The number of benzene rings is 1. The zero-order chi connectivity index (χ0) is 17.3. The molecule has 0 spiro atoms. The zero-order valence-electron chi connectivity index (χ0n) is 11.5. The minimum Gasteiger partial charge on any atom is -0.449 e. The fourth-order valence-electron chi connectivity index (χ4n) is 1.86. The van der Waals surface area contributed by atoms with Gasteiger partial charge in [-0.25, -0.2) is 22.0 Å². The second-order valence-electron chi connectivity index (χ2n) is 4.53. The highest BCUT2D eigenvalue weighted by molar-refractivity contribution is 9.10. The molecule has 3 nitrogen and oxygen atoms in total. The second-order valence-corrected chi connectivity index (χ2v) is 5.38. The Balaban J connectivity index is 2.68. The van der Waals surface area contributed by atoms with E-state index in [-0.39, 0.29) is 4.47 Å². The molecule has 0 saturated heterocycles. The van der Waals surface area contributed by atoms with Gasteiger partial charge < -0.3 is 9.30 Å². The molecule has 0 amide bonds. The molecule has 0 bridgehead atoms. The fraction of sp³-hybridized carbons (Fsp3) is 0.214. The van der Waals surface area contributed by atoms with Crippen LogP contribution in [0.3, 0.4) is 0 Å². The molecule has 23 heavy (non-hydrogen) atoms. The molecule has 9 heteroatoms. The molecule has 2 rings (SSSR count). The van der Waals surface area contributed by atoms with Crippen molar-refractivity contribution in [1.29, 1.82) is 0 Å². The van der Waals surface area contributed by atoms with Crippen LogP contribution in [0.15, 0.2) is 33.7 Å². The third kappa shape index (κ3) is 3.54. The highest BCUT2D eigenvalue weighted by Crippen LogP contribution is 2.40. The molecular weight excluding hydrogens is 389 g/mol. The van der Waals surface area contributed by atoms with Crippen molar-refractivity contribution >= 4 is 15.9 Å². The summed E-state index contributed by atoms with van der Waals surface area (Å²) in [4.78, 5) is 12.0. The minimum atomic E-state index is -3.26. The molecule has 0 atom stereocenters. The van der Waals surface area contributed by atoms with E-state index in [1.807, 2.05) is 0 Å². The van der Waals surface area contributed by atoms with Gasteiger partial charge >= 0.3 is 0 Å². The topological polar surface area (TPSA) is 31.2 Å². The Bertz CT molecular complexity index is 762. The number of pyridine rings is 1. The van der Waals surface area contributed by atoms with Crippen LogP contribution in [0.1, 0.15) is 24.0 Å². The molecule has 1 aromatic carbocycles. The Kier molecular flexibility index (Phi) is 5.08. The van der Waals surface area contributed by atoms with Crippen molar-refractivity contribution in [2.24, 2.45) is 7.05 Å². The van der Waals surface area contributed by atoms with Crippen LogP contribution >= 0.6 is 15.9 Å². The SMILES string of the molecule is Cn1ccc(Br)c(Oc2c(C(F)F)cc(F)cc2C(F)F)c1=O. The lowest BCUT2D eigenvalue weighted by Crippen LogP contribution is -2.18. The molecule has 0 aliphatic rings. The monoisotopic (exact) mass is 397 g/mol. The Labute approximate surface area is 135 Å². The number of alkyl halides is 4. The van der Waals surface area contributed by atoms with Gasteiger partial charge in [0.15, 0.2) is 0 Å². The van der Waals surface area contributed by atoms with Crippen LogP contribution in [0.5, 0.6) is 11.5 Å². The maximum absolute atomic E-state index is 13.3. The van der Waals surface area contributed by atoms with Crippen LogP contribution in [0.25, 0.3) is 0 Å². The lowest BCUT2D eigenvalue weighted by molar-refractivity contribution is 0.136. The van der Waals surface area contributed by atoms with Crippen LogP contribution in [0, 0.1) is 5.82 Å². The minimum absolute atomic E-state index is 0.0883. The van der Waals surface area contributed by atoms with E-state index in [2.05, 4.69) is 15.9 Å². The molecule has 0 saturated carbocycles. The van der Waals surface area contributed by atoms with Crippen LogP contribution in [0.4, 0.5) is 22.0 Å². The summed E-state index contributed by atoms with van der Waals surface area (Å²) in [6.45, 7) is 0. The molecule has 2 aromatic rings. The van der Waals surface area contributed by atoms with E-state index >= 15 is 0 Å². The Morgan fingerprint density at radius 3 is 2.09 bits per heavy atom. The van der Waals surface area contributed by atoms with Gasteiger partial charge in [-0.1, -0.05) is 0 Å². The summed E-state index contributed by atoms with van der Waals surface area (Å²) in [7, 11) is 1.37. The van der Waals surface area contributed by atoms with Crippen molar-refractivity contribution < 1.29 is 26.7 Å². The third-order valence-electron chi connectivity index (χ3n) is 2.96. The van der Waals surface area contributed by atoms with Crippen molar-refractivity contribution in [2.45, 2.75) is 12.9 Å². The van der Waals surface area contributed by atoms with Crippen molar-refractivity contribution in [1.82, 2.24) is 4.57 Å². The summed E-state index contributed by atoms with van der Waals surface area (Å²) in [6, 6.07) is 2.17. The van der Waals surface area contributed by atoms with Gasteiger partial charge in [0.1, 0.15) is 11.6 Å². The number of hydrogen-bond acceptors (Lipinski definition) is 2. The average Bonchev–Trinajstić information content (AvgIpc) is 2.47. The lowest BCUT2D eigenvalue weighted by Gasteiger charge is -2.16. The van der Waals surface area contributed by atoms with Gasteiger partial charge in [0.05, 0.1) is 15.6 Å². The normalized spacial score (nSPS) is 11.3. The van der Waals surface area contributed by atoms with Crippen molar-refractivity contribution in [2.75, 3.05) is 0 Å². The number of aryl methyl sites for hydroxylation is 1. The van der Waals surface area contributed by atoms with E-state index in [1.165, 1.54) is 19.3 Å². The molecule has 1 heterocycles. The predicted octanol–water partition coefficient (Wildman–Crippen LogP) is 4.95. The summed E-state index contributed by atoms with van der Waals surface area (Å²) < 4.78 is 71.7. The highest BCUT2D eigenvalue weighted by Gasteiger charge is 2.26. The first-order chi connectivity index (χ1) is 10.7. The smallest absolute Gasteiger partial charge is 0.294 e. The van der Waals surface area contributed by atoms with Gasteiger partial charge in [-0.2, -0.15) is 0 Å². The van der Waals surface area contributed by atoms with E-state index in [4.69, 9.17) is 4.74 Å². The number of nitrogens with zero attached hydrogens (tertiary/aromatic N) is 1. The lowest BCUT2D eigenvalue weighted by atomic mass is 10.1. The summed E-state index contributed by atoms with van der Waals surface area (Å²) in [5.74, 6) is -2.63. The van der Waals surface area contributed by atoms with Crippen LogP contribution < -0.4 is 10.3 Å². The maximum atomic E-state index is 13.3. The standard InChI is InChI=1S/C14H9BrF5NO2/c1-21-3-2-9(15)11(14(21)22)23-10-7(12(17)18)4-6(16)5-8(10)13(19)20/h2-5,12-13H,1H3. The number of halogens is 6. The van der Waals surface area contributed by atoms with E-state index in [9.17, 15) is 26.7 Å². The van der Waals surface area contributed by atoms with Gasteiger partial charge in [0, 0.05) is 13.2 Å². The molecule has 0 N–H and O–H groups in total. The van der Waals surface area contributed by atoms with Gasteiger partial charge in [-0.3, -0.25) is 4.79 Å². The van der Waals surface area contributed by atoms with Gasteiger partial charge in [-0.05, 0) is 34.1 Å². The zero-order valence-corrected chi connectivity index (χ0v) is 13.1. The van der Waals surface area contributed by atoms with Crippen LogP contribution in [-0.4, -0.2) is 4.57 Å². The first-order valence-electron chi connectivity index (χ1n) is 6.15. The molecule has 0 unspecified atom stereocenters. The fourth-order valence-corrected chi connectivity index (χ4v) is 2.22. The largest absolute Gasteiger partial charge is 0.449 e. The first kappa shape index (κ1) is 17.5. The van der Waals surface area contributed by atoms with Crippen molar-refractivity contribution in [3.63, 3.8) is 0 Å². The Morgan fingerprint density at radius 2 is 1.61 bits per heavy atom. The van der Waals surface area contributed by atoms with E-state index in [1.54, 1.807) is 0 Å². The van der Waals surface area contributed by atoms with Crippen molar-refractivity contribution in [3.05, 3.63) is 56.2 Å². The predicted molar refractivity (Wildman–Crippen MR) is 75.8 cm³/mol. The average molecular weight is 398 g/mol. The van der Waals surface area contributed by atoms with Crippen molar-refractivity contribution in [3.8, 4) is 11.5 Å². The summed E-state index contributed by atoms with van der Waals surface area (Å²) >= 11 is 2.99. The Hall–Kier alpha value is -1.90. The molecule has 124 valence electrons. The molecule has 0 fully saturated rings. The maximum Gasteiger partial charge on any atom is 0.294 e. The molecule has 0 aliphatic carbocycles.